The van der Waals surface area contributed by atoms with Crippen LogP contribution in [0.3, 0.4) is 0 Å². The van der Waals surface area contributed by atoms with Crippen molar-refractivity contribution in [3.8, 4) is 11.1 Å². The van der Waals surface area contributed by atoms with Crippen molar-refractivity contribution < 1.29 is 13.2 Å². The second-order valence-corrected chi connectivity index (χ2v) is 3.90. The van der Waals surface area contributed by atoms with Gasteiger partial charge in [-0.3, -0.25) is 0 Å². The van der Waals surface area contributed by atoms with Gasteiger partial charge < -0.3 is 0 Å². The van der Waals surface area contributed by atoms with Gasteiger partial charge in [-0.15, -0.1) is 0 Å². The number of halogens is 4. The maximum atomic E-state index is 12.5. The molecular formula is C13H7ClF3. The van der Waals surface area contributed by atoms with Crippen molar-refractivity contribution in [2.24, 2.45) is 0 Å². The van der Waals surface area contributed by atoms with E-state index in [2.05, 4.69) is 6.07 Å². The molecule has 0 fully saturated rings. The summed E-state index contributed by atoms with van der Waals surface area (Å²) in [5.74, 6) is 0. The minimum absolute atomic E-state index is 0.408. The lowest BCUT2D eigenvalue weighted by molar-refractivity contribution is -0.137. The molecule has 87 valence electrons. The van der Waals surface area contributed by atoms with Crippen LogP contribution in [-0.4, -0.2) is 0 Å². The van der Waals surface area contributed by atoms with E-state index < -0.39 is 11.7 Å². The third kappa shape index (κ3) is 2.61. The molecule has 0 saturated carbocycles. The van der Waals surface area contributed by atoms with Gasteiger partial charge in [-0.05, 0) is 35.9 Å². The highest BCUT2D eigenvalue weighted by Gasteiger charge is 2.30. The molecule has 0 atom stereocenters. The molecule has 0 amide bonds. The van der Waals surface area contributed by atoms with Gasteiger partial charge in [-0.1, -0.05) is 29.8 Å². The average molecular weight is 256 g/mol. The van der Waals surface area contributed by atoms with E-state index >= 15 is 0 Å². The smallest absolute Gasteiger partial charge is 0.166 e. The first-order valence-corrected chi connectivity index (χ1v) is 5.19. The maximum absolute atomic E-state index is 12.5. The Hall–Kier alpha value is -1.48. The zero-order chi connectivity index (χ0) is 12.5. The molecular weight excluding hydrogens is 249 g/mol. The Morgan fingerprint density at radius 3 is 2.41 bits per heavy atom. The van der Waals surface area contributed by atoms with Crippen LogP contribution in [0.1, 0.15) is 5.56 Å². The van der Waals surface area contributed by atoms with E-state index in [-0.39, 0.29) is 0 Å². The van der Waals surface area contributed by atoms with Crippen molar-refractivity contribution in [1.29, 1.82) is 0 Å². The van der Waals surface area contributed by atoms with E-state index in [9.17, 15) is 13.2 Å². The molecule has 0 bridgehead atoms. The van der Waals surface area contributed by atoms with Gasteiger partial charge in [0.05, 0.1) is 5.56 Å². The van der Waals surface area contributed by atoms with E-state index in [4.69, 9.17) is 11.6 Å². The quantitative estimate of drug-likeness (QED) is 0.685. The fraction of sp³-hybridized carbons (Fsp3) is 0.0769. The molecule has 1 radical (unpaired) electrons. The van der Waals surface area contributed by atoms with Crippen LogP contribution >= 0.6 is 11.6 Å². The first-order chi connectivity index (χ1) is 7.98. The van der Waals surface area contributed by atoms with Gasteiger partial charge in [-0.25, -0.2) is 0 Å². The fourth-order valence-corrected chi connectivity index (χ4v) is 1.73. The maximum Gasteiger partial charge on any atom is 0.416 e. The number of rotatable bonds is 1. The van der Waals surface area contributed by atoms with Crippen LogP contribution in [0, 0.1) is 6.07 Å². The van der Waals surface area contributed by atoms with Crippen LogP contribution in [0.5, 0.6) is 0 Å². The summed E-state index contributed by atoms with van der Waals surface area (Å²) in [6, 6.07) is 12.7. The summed E-state index contributed by atoms with van der Waals surface area (Å²) in [4.78, 5) is 0. The SMILES string of the molecule is FC(F)(F)c1c[c]cc(-c2ccccc2Cl)c1. The molecule has 4 heteroatoms. The molecule has 0 aromatic heterocycles. The van der Waals surface area contributed by atoms with E-state index in [1.807, 2.05) is 0 Å². The number of benzene rings is 2. The summed E-state index contributed by atoms with van der Waals surface area (Å²) >= 11 is 5.93. The highest BCUT2D eigenvalue weighted by Crippen LogP contribution is 2.33. The van der Waals surface area contributed by atoms with Crippen molar-refractivity contribution in [2.45, 2.75) is 6.18 Å². The highest BCUT2D eigenvalue weighted by molar-refractivity contribution is 6.33. The molecule has 0 nitrogen and oxygen atoms in total. The van der Waals surface area contributed by atoms with Crippen LogP contribution in [0.25, 0.3) is 11.1 Å². The second kappa shape index (κ2) is 4.41. The summed E-state index contributed by atoms with van der Waals surface area (Å²) in [6.45, 7) is 0. The molecule has 0 saturated heterocycles. The molecule has 0 aliphatic rings. The molecule has 0 aliphatic heterocycles. The Morgan fingerprint density at radius 2 is 1.76 bits per heavy atom. The average Bonchev–Trinajstić information content (AvgIpc) is 2.29. The van der Waals surface area contributed by atoms with Gasteiger partial charge in [0.15, 0.2) is 0 Å². The van der Waals surface area contributed by atoms with Crippen LogP contribution in [0.2, 0.25) is 5.02 Å². The molecule has 0 unspecified atom stereocenters. The largest absolute Gasteiger partial charge is 0.416 e. The highest BCUT2D eigenvalue weighted by atomic mass is 35.5. The number of hydrogen-bond donors (Lipinski definition) is 0. The van der Waals surface area contributed by atoms with Crippen molar-refractivity contribution in [3.63, 3.8) is 0 Å². The van der Waals surface area contributed by atoms with Gasteiger partial charge in [0, 0.05) is 10.6 Å². The molecule has 17 heavy (non-hydrogen) atoms. The predicted molar refractivity (Wildman–Crippen MR) is 60.7 cm³/mol. The van der Waals surface area contributed by atoms with Gasteiger partial charge in [0.2, 0.25) is 0 Å². The summed E-state index contributed by atoms with van der Waals surface area (Å²) < 4.78 is 37.6. The van der Waals surface area contributed by atoms with Gasteiger partial charge >= 0.3 is 6.18 Å². The summed E-state index contributed by atoms with van der Waals surface area (Å²) in [6.07, 6.45) is -4.37. The Morgan fingerprint density at radius 1 is 1.06 bits per heavy atom. The van der Waals surface area contributed by atoms with Crippen molar-refractivity contribution in [1.82, 2.24) is 0 Å². The topological polar surface area (TPSA) is 0 Å². The van der Waals surface area contributed by atoms with Gasteiger partial charge in [0.25, 0.3) is 0 Å². The minimum Gasteiger partial charge on any atom is -0.166 e. The van der Waals surface area contributed by atoms with E-state index in [1.54, 1.807) is 24.3 Å². The lowest BCUT2D eigenvalue weighted by Crippen LogP contribution is -2.04. The van der Waals surface area contributed by atoms with E-state index in [0.29, 0.717) is 16.1 Å². The lowest BCUT2D eigenvalue weighted by atomic mass is 10.0. The Kier molecular flexibility index (Phi) is 3.11. The summed E-state index contributed by atoms with van der Waals surface area (Å²) in [5, 5.41) is 0.417. The zero-order valence-electron chi connectivity index (χ0n) is 8.55. The number of alkyl halides is 3. The lowest BCUT2D eigenvalue weighted by Gasteiger charge is -2.09. The van der Waals surface area contributed by atoms with Crippen LogP contribution < -0.4 is 0 Å². The first-order valence-electron chi connectivity index (χ1n) is 4.82. The third-order valence-electron chi connectivity index (χ3n) is 2.30. The third-order valence-corrected chi connectivity index (χ3v) is 2.63. The number of hydrogen-bond acceptors (Lipinski definition) is 0. The fourth-order valence-electron chi connectivity index (χ4n) is 1.49. The summed E-state index contributed by atoms with van der Waals surface area (Å²) in [5.41, 5.74) is 0.247. The van der Waals surface area contributed by atoms with E-state index in [0.717, 1.165) is 12.1 Å². The van der Waals surface area contributed by atoms with Gasteiger partial charge in [-0.2, -0.15) is 13.2 Å². The molecule has 0 heterocycles. The normalized spacial score (nSPS) is 11.5. The van der Waals surface area contributed by atoms with Crippen molar-refractivity contribution in [2.75, 3.05) is 0 Å². The molecule has 0 spiro atoms. The van der Waals surface area contributed by atoms with Crippen molar-refractivity contribution in [3.05, 3.63) is 59.1 Å². The molecule has 2 aromatic carbocycles. The first kappa shape index (κ1) is 12.0. The van der Waals surface area contributed by atoms with Crippen LogP contribution in [-0.2, 0) is 6.18 Å². The Balaban J connectivity index is 2.51. The summed E-state index contributed by atoms with van der Waals surface area (Å²) in [7, 11) is 0. The van der Waals surface area contributed by atoms with E-state index in [1.165, 1.54) is 6.07 Å². The van der Waals surface area contributed by atoms with Crippen LogP contribution in [0.4, 0.5) is 13.2 Å². The minimum atomic E-state index is -4.37. The molecule has 2 rings (SSSR count). The Labute approximate surface area is 102 Å². The molecule has 0 aliphatic carbocycles. The molecule has 2 aromatic rings. The van der Waals surface area contributed by atoms with Crippen molar-refractivity contribution >= 4 is 11.6 Å². The monoisotopic (exact) mass is 255 g/mol. The van der Waals surface area contributed by atoms with Crippen LogP contribution in [0.15, 0.2) is 42.5 Å². The predicted octanol–water partition coefficient (Wildman–Crippen LogP) is 4.83. The zero-order valence-corrected chi connectivity index (χ0v) is 9.31. The second-order valence-electron chi connectivity index (χ2n) is 3.49. The molecule has 0 N–H and O–H groups in total. The standard InChI is InChI=1S/C13H7ClF3/c14-12-7-2-1-6-11(12)9-4-3-5-10(8-9)13(15,16)17/h1-2,4-8H. The van der Waals surface area contributed by atoms with Gasteiger partial charge in [0.1, 0.15) is 0 Å². The Bertz CT molecular complexity index is 532.